The summed E-state index contributed by atoms with van der Waals surface area (Å²) in [6.45, 7) is -0.408. The third kappa shape index (κ3) is 3.04. The summed E-state index contributed by atoms with van der Waals surface area (Å²) in [4.78, 5) is 26.0. The number of halogens is 1. The molecule has 1 aliphatic rings. The third-order valence-electron chi connectivity index (χ3n) is 4.11. The number of likely N-dealkylation sites (tertiary alicyclic amines) is 1. The van der Waals surface area contributed by atoms with Gasteiger partial charge in [0.1, 0.15) is 11.6 Å². The molecule has 1 heterocycles. The number of aliphatic hydroxyl groups excluding tert-OH is 2. The molecule has 2 N–H and O–H groups in total. The Morgan fingerprint density at radius 2 is 1.68 bits per heavy atom. The first-order valence-electron chi connectivity index (χ1n) is 7.74. The van der Waals surface area contributed by atoms with Crippen LogP contribution >= 0.6 is 0 Å². The van der Waals surface area contributed by atoms with Crippen molar-refractivity contribution in [3.05, 3.63) is 77.1 Å². The summed E-state index contributed by atoms with van der Waals surface area (Å²) >= 11 is 0. The van der Waals surface area contributed by atoms with Crippen LogP contribution in [0.5, 0.6) is 0 Å². The van der Waals surface area contributed by atoms with Crippen LogP contribution in [0.1, 0.15) is 17.2 Å². The number of β-amino-alcohol motifs (C(OH)–C–C–N with tert-alkyl or cyclic N) is 1. The average molecular weight is 341 g/mol. The quantitative estimate of drug-likeness (QED) is 0.508. The summed E-state index contributed by atoms with van der Waals surface area (Å²) in [6.07, 6.45) is 0. The lowest BCUT2D eigenvalue weighted by Gasteiger charge is -2.24. The summed E-state index contributed by atoms with van der Waals surface area (Å²) in [7, 11) is 0. The minimum atomic E-state index is -0.882. The third-order valence-corrected chi connectivity index (χ3v) is 4.11. The van der Waals surface area contributed by atoms with E-state index in [0.717, 1.165) is 0 Å². The fourth-order valence-electron chi connectivity index (χ4n) is 2.96. The van der Waals surface area contributed by atoms with Crippen molar-refractivity contribution in [3.63, 3.8) is 0 Å². The zero-order valence-corrected chi connectivity index (χ0v) is 13.2. The smallest absolute Gasteiger partial charge is 0.295 e. The van der Waals surface area contributed by atoms with Gasteiger partial charge in [-0.15, -0.1) is 0 Å². The molecule has 128 valence electrons. The summed E-state index contributed by atoms with van der Waals surface area (Å²) in [5.41, 5.74) is 0.805. The van der Waals surface area contributed by atoms with Gasteiger partial charge in [-0.2, -0.15) is 0 Å². The lowest BCUT2D eigenvalue weighted by Crippen LogP contribution is -2.32. The van der Waals surface area contributed by atoms with Gasteiger partial charge >= 0.3 is 0 Å². The molecule has 1 atom stereocenters. The summed E-state index contributed by atoms with van der Waals surface area (Å²) in [6, 6.07) is 12.9. The number of hydrogen-bond donors (Lipinski definition) is 2. The Hall–Kier alpha value is -2.99. The highest BCUT2D eigenvalue weighted by Crippen LogP contribution is 2.39. The van der Waals surface area contributed by atoms with Crippen LogP contribution < -0.4 is 0 Å². The van der Waals surface area contributed by atoms with Crippen molar-refractivity contribution in [1.82, 2.24) is 4.90 Å². The van der Waals surface area contributed by atoms with Gasteiger partial charge in [0.05, 0.1) is 18.2 Å². The molecule has 6 heteroatoms. The van der Waals surface area contributed by atoms with Gasteiger partial charge in [0.25, 0.3) is 11.7 Å². The fourth-order valence-corrected chi connectivity index (χ4v) is 2.96. The number of aliphatic hydroxyl groups is 2. The molecule has 2 aromatic carbocycles. The molecule has 1 saturated heterocycles. The van der Waals surface area contributed by atoms with Crippen LogP contribution in [0, 0.1) is 5.82 Å². The van der Waals surface area contributed by atoms with Crippen molar-refractivity contribution in [2.75, 3.05) is 13.2 Å². The standard InChI is InChI=1S/C19H16FNO4/c20-14-8-6-12(7-9-14)16-15(17(23)13-4-2-1-3-5-13)18(24)19(25)21(16)10-11-22/h1-9,16,22-23H,10-11H2/t16-/m0/s1. The molecule has 1 amide bonds. The molecule has 3 rings (SSSR count). The van der Waals surface area contributed by atoms with Crippen LogP contribution in [-0.2, 0) is 9.59 Å². The molecule has 25 heavy (non-hydrogen) atoms. The van der Waals surface area contributed by atoms with Crippen molar-refractivity contribution in [3.8, 4) is 0 Å². The van der Waals surface area contributed by atoms with E-state index in [-0.39, 0.29) is 24.5 Å². The summed E-state index contributed by atoms with van der Waals surface area (Å²) in [5.74, 6) is -2.38. The first-order valence-corrected chi connectivity index (χ1v) is 7.74. The number of hydrogen-bond acceptors (Lipinski definition) is 4. The maximum atomic E-state index is 13.2. The Morgan fingerprint density at radius 1 is 1.04 bits per heavy atom. The van der Waals surface area contributed by atoms with Crippen LogP contribution in [0.15, 0.2) is 60.2 Å². The van der Waals surface area contributed by atoms with Crippen LogP contribution in [0.4, 0.5) is 4.39 Å². The molecule has 1 aliphatic heterocycles. The van der Waals surface area contributed by atoms with E-state index in [9.17, 15) is 24.2 Å². The van der Waals surface area contributed by atoms with Crippen LogP contribution in [0.25, 0.3) is 5.76 Å². The molecule has 1 fully saturated rings. The van der Waals surface area contributed by atoms with Gasteiger partial charge in [0, 0.05) is 12.1 Å². The predicted octanol–water partition coefficient (Wildman–Crippen LogP) is 2.24. The highest BCUT2D eigenvalue weighted by atomic mass is 19.1. The Balaban J connectivity index is 2.18. The summed E-state index contributed by atoms with van der Waals surface area (Å²) < 4.78 is 13.2. The first kappa shape index (κ1) is 16.9. The largest absolute Gasteiger partial charge is 0.507 e. The van der Waals surface area contributed by atoms with E-state index < -0.39 is 23.5 Å². The zero-order valence-electron chi connectivity index (χ0n) is 13.2. The molecular formula is C19H16FNO4. The normalized spacial score (nSPS) is 19.4. The highest BCUT2D eigenvalue weighted by molar-refractivity contribution is 6.46. The lowest BCUT2D eigenvalue weighted by molar-refractivity contribution is -0.140. The maximum absolute atomic E-state index is 13.2. The van der Waals surface area contributed by atoms with Crippen molar-refractivity contribution < 1.29 is 24.2 Å². The molecule has 0 unspecified atom stereocenters. The van der Waals surface area contributed by atoms with E-state index in [1.807, 2.05) is 0 Å². The van der Waals surface area contributed by atoms with Gasteiger partial charge in [-0.25, -0.2) is 4.39 Å². The topological polar surface area (TPSA) is 77.8 Å². The van der Waals surface area contributed by atoms with Gasteiger partial charge in [-0.3, -0.25) is 9.59 Å². The van der Waals surface area contributed by atoms with Crippen molar-refractivity contribution in [2.45, 2.75) is 6.04 Å². The number of carbonyl (C=O) groups excluding carboxylic acids is 2. The number of nitrogens with zero attached hydrogens (tertiary/aromatic N) is 1. The number of carbonyl (C=O) groups is 2. The molecular weight excluding hydrogens is 325 g/mol. The lowest BCUT2D eigenvalue weighted by atomic mass is 9.95. The number of benzene rings is 2. The van der Waals surface area contributed by atoms with Crippen LogP contribution in [0.2, 0.25) is 0 Å². The molecule has 2 aromatic rings. The Morgan fingerprint density at radius 3 is 2.28 bits per heavy atom. The van der Waals surface area contributed by atoms with Gasteiger partial charge in [0.2, 0.25) is 0 Å². The number of rotatable bonds is 4. The monoisotopic (exact) mass is 341 g/mol. The number of Topliss-reactive ketones (excluding diaryl/α,β-unsaturated/α-hetero) is 1. The second kappa shape index (κ2) is 6.86. The summed E-state index contributed by atoms with van der Waals surface area (Å²) in [5, 5.41) is 19.9. The van der Waals surface area contributed by atoms with E-state index in [4.69, 9.17) is 0 Å². The van der Waals surface area contributed by atoms with Crippen molar-refractivity contribution in [1.29, 1.82) is 0 Å². The molecule has 0 saturated carbocycles. The van der Waals surface area contributed by atoms with E-state index in [2.05, 4.69) is 0 Å². The molecule has 0 spiro atoms. The van der Waals surface area contributed by atoms with E-state index in [1.54, 1.807) is 30.3 Å². The average Bonchev–Trinajstić information content (AvgIpc) is 2.88. The molecule has 0 aromatic heterocycles. The van der Waals surface area contributed by atoms with Gasteiger partial charge in [-0.1, -0.05) is 42.5 Å². The van der Waals surface area contributed by atoms with Gasteiger partial charge in [0.15, 0.2) is 0 Å². The second-order valence-electron chi connectivity index (χ2n) is 5.63. The minimum absolute atomic E-state index is 0.0712. The Labute approximate surface area is 143 Å². The van der Waals surface area contributed by atoms with Crippen molar-refractivity contribution in [2.24, 2.45) is 0 Å². The zero-order chi connectivity index (χ0) is 18.0. The maximum Gasteiger partial charge on any atom is 0.295 e. The van der Waals surface area contributed by atoms with Gasteiger partial charge in [-0.05, 0) is 17.7 Å². The second-order valence-corrected chi connectivity index (χ2v) is 5.63. The van der Waals surface area contributed by atoms with Gasteiger partial charge < -0.3 is 15.1 Å². The molecule has 0 radical (unpaired) electrons. The van der Waals surface area contributed by atoms with E-state index in [1.165, 1.54) is 29.2 Å². The van der Waals surface area contributed by atoms with E-state index in [0.29, 0.717) is 11.1 Å². The van der Waals surface area contributed by atoms with Crippen LogP contribution in [0.3, 0.4) is 0 Å². The minimum Gasteiger partial charge on any atom is -0.507 e. The predicted molar refractivity (Wildman–Crippen MR) is 88.9 cm³/mol. The SMILES string of the molecule is O=C1C(=O)N(CCO)[C@@H](c2ccc(F)cc2)C1=C(O)c1ccccc1. The first-order chi connectivity index (χ1) is 12.0. The molecule has 5 nitrogen and oxygen atoms in total. The van der Waals surface area contributed by atoms with Crippen LogP contribution in [-0.4, -0.2) is 40.0 Å². The molecule has 0 aliphatic carbocycles. The number of amides is 1. The van der Waals surface area contributed by atoms with E-state index >= 15 is 0 Å². The number of ketones is 1. The molecule has 0 bridgehead atoms. The Kier molecular flexibility index (Phi) is 4.63. The fraction of sp³-hybridized carbons (Fsp3) is 0.158. The Bertz CT molecular complexity index is 830. The highest BCUT2D eigenvalue weighted by Gasteiger charge is 2.45. The van der Waals surface area contributed by atoms with Crippen molar-refractivity contribution >= 4 is 17.4 Å².